The fourth-order valence-corrected chi connectivity index (χ4v) is 3.44. The second-order valence-corrected chi connectivity index (χ2v) is 6.29. The number of aryl methyl sites for hydroxylation is 1. The summed E-state index contributed by atoms with van der Waals surface area (Å²) >= 11 is 1.42. The largest absolute Gasteiger partial charge is 0.319 e. The summed E-state index contributed by atoms with van der Waals surface area (Å²) in [5.41, 5.74) is 2.05. The average Bonchev–Trinajstić information content (AvgIpc) is 2.82. The molecule has 2 aromatic carbocycles. The molecule has 0 aliphatic carbocycles. The molecule has 1 heterocycles. The van der Waals surface area contributed by atoms with E-state index in [2.05, 4.69) is 4.99 Å². The molecule has 0 aliphatic heterocycles. The van der Waals surface area contributed by atoms with Gasteiger partial charge in [0.15, 0.2) is 4.80 Å². The van der Waals surface area contributed by atoms with Crippen molar-refractivity contribution in [1.82, 2.24) is 4.57 Å². The van der Waals surface area contributed by atoms with Gasteiger partial charge in [0.2, 0.25) is 0 Å². The molecule has 5 heteroatoms. The zero-order valence-corrected chi connectivity index (χ0v) is 13.6. The van der Waals surface area contributed by atoms with Crippen LogP contribution in [-0.4, -0.2) is 10.5 Å². The summed E-state index contributed by atoms with van der Waals surface area (Å²) in [5, 5.41) is 0. The lowest BCUT2D eigenvalue weighted by Crippen LogP contribution is -2.15. The van der Waals surface area contributed by atoms with Gasteiger partial charge in [0.05, 0.1) is 11.3 Å². The highest BCUT2D eigenvalue weighted by Crippen LogP contribution is 2.24. The van der Waals surface area contributed by atoms with Gasteiger partial charge in [-0.3, -0.25) is 4.79 Å². The highest BCUT2D eigenvalue weighted by atomic mass is 32.1. The van der Waals surface area contributed by atoms with Crippen molar-refractivity contribution in [1.29, 1.82) is 0 Å². The second kappa shape index (κ2) is 6.30. The van der Waals surface area contributed by atoms with E-state index in [1.165, 1.54) is 23.5 Å². The minimum atomic E-state index is -0.570. The van der Waals surface area contributed by atoms with Crippen molar-refractivity contribution < 1.29 is 9.18 Å². The molecule has 3 aromatic rings. The fourth-order valence-electron chi connectivity index (χ4n) is 2.46. The van der Waals surface area contributed by atoms with Crippen LogP contribution in [0, 0.1) is 12.7 Å². The van der Waals surface area contributed by atoms with E-state index in [1.54, 1.807) is 12.1 Å². The first kappa shape index (κ1) is 15.4. The highest BCUT2D eigenvalue weighted by molar-refractivity contribution is 7.09. The smallest absolute Gasteiger partial charge is 0.282 e. The highest BCUT2D eigenvalue weighted by Gasteiger charge is 2.13. The molecule has 1 amide bonds. The van der Waals surface area contributed by atoms with Crippen molar-refractivity contribution in [2.45, 2.75) is 6.92 Å². The Hall–Kier alpha value is -2.53. The van der Waals surface area contributed by atoms with Crippen LogP contribution < -0.4 is 4.80 Å². The van der Waals surface area contributed by atoms with E-state index in [0.29, 0.717) is 4.80 Å². The van der Waals surface area contributed by atoms with E-state index < -0.39 is 11.7 Å². The van der Waals surface area contributed by atoms with Gasteiger partial charge in [0.25, 0.3) is 5.91 Å². The van der Waals surface area contributed by atoms with Gasteiger partial charge < -0.3 is 4.57 Å². The first-order chi connectivity index (χ1) is 11.1. The van der Waals surface area contributed by atoms with Gasteiger partial charge in [0, 0.05) is 11.9 Å². The number of aromatic nitrogens is 1. The molecule has 0 saturated heterocycles. The number of halogens is 1. The maximum Gasteiger partial charge on any atom is 0.282 e. The van der Waals surface area contributed by atoms with Crippen molar-refractivity contribution in [2.24, 2.45) is 12.0 Å². The van der Waals surface area contributed by atoms with Crippen LogP contribution in [0.2, 0.25) is 0 Å². The maximum absolute atomic E-state index is 13.7. The van der Waals surface area contributed by atoms with Crippen LogP contribution in [0.1, 0.15) is 15.2 Å². The minimum Gasteiger partial charge on any atom is -0.319 e. The lowest BCUT2D eigenvalue weighted by Gasteiger charge is -2.04. The molecule has 3 nitrogen and oxygen atoms in total. The first-order valence-electron chi connectivity index (χ1n) is 7.13. The van der Waals surface area contributed by atoms with Gasteiger partial charge >= 0.3 is 0 Å². The van der Waals surface area contributed by atoms with Crippen LogP contribution in [0.3, 0.4) is 0 Å². The quantitative estimate of drug-likeness (QED) is 0.702. The first-order valence-corrected chi connectivity index (χ1v) is 7.95. The number of amides is 1. The normalized spacial score (nSPS) is 11.7. The van der Waals surface area contributed by atoms with E-state index in [-0.39, 0.29) is 5.56 Å². The number of benzene rings is 2. The van der Waals surface area contributed by atoms with E-state index in [4.69, 9.17) is 0 Å². The zero-order valence-electron chi connectivity index (χ0n) is 12.8. The van der Waals surface area contributed by atoms with Gasteiger partial charge in [-0.2, -0.15) is 4.99 Å². The number of hydrogen-bond acceptors (Lipinski definition) is 2. The van der Waals surface area contributed by atoms with E-state index in [1.807, 2.05) is 48.9 Å². The zero-order chi connectivity index (χ0) is 16.4. The number of thiazole rings is 1. The molecule has 116 valence electrons. The average molecular weight is 326 g/mol. The van der Waals surface area contributed by atoms with Crippen molar-refractivity contribution in [3.8, 4) is 11.3 Å². The summed E-state index contributed by atoms with van der Waals surface area (Å²) in [6, 6.07) is 15.8. The molecule has 0 bridgehead atoms. The summed E-state index contributed by atoms with van der Waals surface area (Å²) in [5.74, 6) is -1.12. The molecule has 1 aromatic heterocycles. The molecule has 23 heavy (non-hydrogen) atoms. The third-order valence-electron chi connectivity index (χ3n) is 3.55. The third-order valence-corrected chi connectivity index (χ3v) is 4.60. The van der Waals surface area contributed by atoms with Crippen LogP contribution in [0.4, 0.5) is 4.39 Å². The van der Waals surface area contributed by atoms with E-state index >= 15 is 0 Å². The molecule has 0 radical (unpaired) electrons. The van der Waals surface area contributed by atoms with E-state index in [0.717, 1.165) is 16.1 Å². The lowest BCUT2D eigenvalue weighted by molar-refractivity contribution is 0.0994. The van der Waals surface area contributed by atoms with E-state index in [9.17, 15) is 9.18 Å². The molecular formula is C18H15FN2OS. The van der Waals surface area contributed by atoms with Crippen LogP contribution >= 0.6 is 11.3 Å². The summed E-state index contributed by atoms with van der Waals surface area (Å²) in [6.07, 6.45) is 0. The number of rotatable bonds is 2. The molecular weight excluding hydrogens is 311 g/mol. The van der Waals surface area contributed by atoms with Crippen molar-refractivity contribution in [3.63, 3.8) is 0 Å². The summed E-state index contributed by atoms with van der Waals surface area (Å²) in [4.78, 5) is 17.9. The molecule has 0 N–H and O–H groups in total. The number of carbonyl (C=O) groups excluding carboxylic acids is 1. The summed E-state index contributed by atoms with van der Waals surface area (Å²) in [6.45, 7) is 1.99. The van der Waals surface area contributed by atoms with Gasteiger partial charge in [-0.1, -0.05) is 42.5 Å². The Labute approximate surface area is 137 Å². The third kappa shape index (κ3) is 3.00. The monoisotopic (exact) mass is 326 g/mol. The van der Waals surface area contributed by atoms with Gasteiger partial charge in [-0.15, -0.1) is 11.3 Å². The molecule has 0 aliphatic rings. The Morgan fingerprint density at radius 3 is 2.43 bits per heavy atom. The second-order valence-electron chi connectivity index (χ2n) is 5.11. The van der Waals surface area contributed by atoms with Gasteiger partial charge in [-0.25, -0.2) is 4.39 Å². The van der Waals surface area contributed by atoms with Gasteiger partial charge in [-0.05, 0) is 24.6 Å². The number of hydrogen-bond donors (Lipinski definition) is 0. The van der Waals surface area contributed by atoms with Crippen molar-refractivity contribution in [2.75, 3.05) is 0 Å². The number of carbonyl (C=O) groups is 1. The number of nitrogens with zero attached hydrogens (tertiary/aromatic N) is 2. The molecule has 0 spiro atoms. The van der Waals surface area contributed by atoms with Gasteiger partial charge in [0.1, 0.15) is 5.82 Å². The Kier molecular flexibility index (Phi) is 4.21. The van der Waals surface area contributed by atoms with Crippen LogP contribution in [0.5, 0.6) is 0 Å². The Bertz CT molecular complexity index is 926. The molecule has 0 atom stereocenters. The standard InChI is InChI=1S/C18H15FN2OS/c1-12-16(13-8-4-3-5-9-13)21(2)18(23-12)20-17(22)14-10-6-7-11-15(14)19/h3-11H,1-2H3. The topological polar surface area (TPSA) is 34.4 Å². The molecule has 3 rings (SSSR count). The Balaban J connectivity index is 2.09. The summed E-state index contributed by atoms with van der Waals surface area (Å²) in [7, 11) is 1.86. The lowest BCUT2D eigenvalue weighted by atomic mass is 10.1. The van der Waals surface area contributed by atoms with Crippen molar-refractivity contribution in [3.05, 3.63) is 75.7 Å². The van der Waals surface area contributed by atoms with Crippen molar-refractivity contribution >= 4 is 17.2 Å². The van der Waals surface area contributed by atoms with Crippen LogP contribution in [0.25, 0.3) is 11.3 Å². The predicted molar refractivity (Wildman–Crippen MR) is 89.8 cm³/mol. The SMILES string of the molecule is Cc1sc(=NC(=O)c2ccccc2F)n(C)c1-c1ccccc1. The summed E-state index contributed by atoms with van der Waals surface area (Å²) < 4.78 is 15.6. The van der Waals surface area contributed by atoms with Crippen LogP contribution in [0.15, 0.2) is 59.6 Å². The Morgan fingerprint density at radius 2 is 1.74 bits per heavy atom. The van der Waals surface area contributed by atoms with Crippen LogP contribution in [-0.2, 0) is 7.05 Å². The fraction of sp³-hybridized carbons (Fsp3) is 0.111. The Morgan fingerprint density at radius 1 is 1.09 bits per heavy atom. The minimum absolute atomic E-state index is 0.0141. The maximum atomic E-state index is 13.7. The molecule has 0 fully saturated rings. The predicted octanol–water partition coefficient (Wildman–Crippen LogP) is 3.94. The molecule has 0 unspecified atom stereocenters. The molecule has 0 saturated carbocycles.